The molecule has 0 spiro atoms. The Kier molecular flexibility index (Phi) is 5.58. The molecule has 2 N–H and O–H groups in total. The van der Waals surface area contributed by atoms with Gasteiger partial charge in [-0.25, -0.2) is 9.69 Å². The minimum absolute atomic E-state index is 0.0264. The normalized spacial score (nSPS) is 25.6. The zero-order valence-electron chi connectivity index (χ0n) is 19.0. The van der Waals surface area contributed by atoms with Crippen molar-refractivity contribution in [2.45, 2.75) is 70.4 Å². The summed E-state index contributed by atoms with van der Waals surface area (Å²) in [7, 11) is 0. The van der Waals surface area contributed by atoms with Gasteiger partial charge in [0.15, 0.2) is 0 Å². The molecule has 0 radical (unpaired) electrons. The van der Waals surface area contributed by atoms with Crippen LogP contribution in [-0.4, -0.2) is 53.4 Å². The Morgan fingerprint density at radius 2 is 1.71 bits per heavy atom. The quantitative estimate of drug-likeness (QED) is 0.710. The number of likely N-dealkylation sites (tertiary alicyclic amines) is 1. The summed E-state index contributed by atoms with van der Waals surface area (Å²) in [4.78, 5) is 41.3. The number of hydrogen-bond donors (Lipinski definition) is 2. The van der Waals surface area contributed by atoms with Gasteiger partial charge in [-0.15, -0.1) is 0 Å². The molecule has 1 saturated carbocycles. The maximum Gasteiger partial charge on any atom is 0.326 e. The number of carbonyl (C=O) groups is 3. The van der Waals surface area contributed by atoms with Crippen LogP contribution in [0.1, 0.15) is 64.5 Å². The average molecular weight is 427 g/mol. The van der Waals surface area contributed by atoms with Crippen LogP contribution < -0.4 is 10.6 Å². The lowest BCUT2D eigenvalue weighted by Crippen LogP contribution is -2.49. The van der Waals surface area contributed by atoms with E-state index < -0.39 is 5.54 Å². The van der Waals surface area contributed by atoms with Crippen molar-refractivity contribution in [2.24, 2.45) is 5.92 Å². The largest absolute Gasteiger partial charge is 0.353 e. The Labute approximate surface area is 184 Å². The Morgan fingerprint density at radius 1 is 1.10 bits per heavy atom. The van der Waals surface area contributed by atoms with Gasteiger partial charge in [-0.1, -0.05) is 45.0 Å². The standard InChI is InChI=1S/C24H34N4O3/c1-23(2,3)17-7-9-18(10-8-17)24(4)21(30)28(22(31)26-24)15-27-13-11-19(12-14-27)25-20(29)16-5-6-16/h7-10,16,19H,5-6,11-15H2,1-4H3,(H,25,29)(H,26,31). The second kappa shape index (κ2) is 7.93. The molecule has 1 aliphatic carbocycles. The number of piperidine rings is 1. The van der Waals surface area contributed by atoms with Crippen LogP contribution in [-0.2, 0) is 20.5 Å². The molecule has 2 aliphatic heterocycles. The molecule has 7 nitrogen and oxygen atoms in total. The van der Waals surface area contributed by atoms with E-state index >= 15 is 0 Å². The second-order valence-electron chi connectivity index (χ2n) is 10.4. The number of hydrogen-bond acceptors (Lipinski definition) is 4. The Bertz CT molecular complexity index is 864. The van der Waals surface area contributed by atoms with Gasteiger partial charge >= 0.3 is 6.03 Å². The Balaban J connectivity index is 1.36. The number of nitrogens with zero attached hydrogens (tertiary/aromatic N) is 2. The third-order valence-corrected chi connectivity index (χ3v) is 6.83. The number of rotatable bonds is 5. The minimum Gasteiger partial charge on any atom is -0.353 e. The molecule has 31 heavy (non-hydrogen) atoms. The number of nitrogens with one attached hydrogen (secondary N) is 2. The summed E-state index contributed by atoms with van der Waals surface area (Å²) < 4.78 is 0. The van der Waals surface area contributed by atoms with Crippen molar-refractivity contribution in [2.75, 3.05) is 19.8 Å². The van der Waals surface area contributed by atoms with E-state index in [9.17, 15) is 14.4 Å². The van der Waals surface area contributed by atoms with Crippen LogP contribution in [0.5, 0.6) is 0 Å². The first-order chi connectivity index (χ1) is 14.6. The summed E-state index contributed by atoms with van der Waals surface area (Å²) in [5.74, 6) is 0.185. The summed E-state index contributed by atoms with van der Waals surface area (Å²) >= 11 is 0. The predicted octanol–water partition coefficient (Wildman–Crippen LogP) is 2.70. The van der Waals surface area contributed by atoms with E-state index in [1.807, 2.05) is 24.3 Å². The lowest BCUT2D eigenvalue weighted by molar-refractivity contribution is -0.132. The lowest BCUT2D eigenvalue weighted by atomic mass is 9.84. The topological polar surface area (TPSA) is 81.8 Å². The first-order valence-electron chi connectivity index (χ1n) is 11.4. The summed E-state index contributed by atoms with van der Waals surface area (Å²) in [6, 6.07) is 7.79. The third-order valence-electron chi connectivity index (χ3n) is 6.83. The van der Waals surface area contributed by atoms with Crippen LogP contribution in [0.25, 0.3) is 0 Å². The van der Waals surface area contributed by atoms with Crippen LogP contribution in [0, 0.1) is 5.92 Å². The Morgan fingerprint density at radius 3 is 2.26 bits per heavy atom. The molecule has 3 fully saturated rings. The van der Waals surface area contributed by atoms with E-state index in [4.69, 9.17) is 0 Å². The molecule has 2 saturated heterocycles. The fourth-order valence-corrected chi connectivity index (χ4v) is 4.41. The maximum absolute atomic E-state index is 13.2. The lowest BCUT2D eigenvalue weighted by Gasteiger charge is -2.34. The van der Waals surface area contributed by atoms with E-state index in [1.54, 1.807) is 6.92 Å². The van der Waals surface area contributed by atoms with Crippen molar-refractivity contribution in [1.82, 2.24) is 20.4 Å². The fraction of sp³-hybridized carbons (Fsp3) is 0.625. The van der Waals surface area contributed by atoms with Gasteiger partial charge in [0.2, 0.25) is 5.91 Å². The molecule has 0 bridgehead atoms. The molecular formula is C24H34N4O3. The molecule has 1 atom stereocenters. The highest BCUT2D eigenvalue weighted by molar-refractivity contribution is 6.07. The summed E-state index contributed by atoms with van der Waals surface area (Å²) in [6.07, 6.45) is 3.70. The molecule has 3 aliphatic rings. The second-order valence-corrected chi connectivity index (χ2v) is 10.4. The van der Waals surface area contributed by atoms with E-state index in [-0.39, 0.29) is 41.9 Å². The summed E-state index contributed by atoms with van der Waals surface area (Å²) in [5, 5.41) is 6.04. The number of urea groups is 1. The summed E-state index contributed by atoms with van der Waals surface area (Å²) in [6.45, 7) is 10.0. The molecule has 7 heteroatoms. The molecule has 4 amide bonds. The van der Waals surface area contributed by atoms with Crippen LogP contribution >= 0.6 is 0 Å². The van der Waals surface area contributed by atoms with Gasteiger partial charge in [0, 0.05) is 25.0 Å². The highest BCUT2D eigenvalue weighted by atomic mass is 16.2. The number of imide groups is 1. The molecular weight excluding hydrogens is 392 g/mol. The van der Waals surface area contributed by atoms with Gasteiger partial charge in [0.25, 0.3) is 5.91 Å². The highest BCUT2D eigenvalue weighted by Gasteiger charge is 2.49. The maximum atomic E-state index is 13.2. The summed E-state index contributed by atoms with van der Waals surface area (Å²) in [5.41, 5.74) is 0.955. The van der Waals surface area contributed by atoms with E-state index in [2.05, 4.69) is 36.3 Å². The van der Waals surface area contributed by atoms with Crippen molar-refractivity contribution >= 4 is 17.8 Å². The van der Waals surface area contributed by atoms with Crippen molar-refractivity contribution in [3.8, 4) is 0 Å². The van der Waals surface area contributed by atoms with Gasteiger partial charge < -0.3 is 10.6 Å². The van der Waals surface area contributed by atoms with Crippen molar-refractivity contribution in [1.29, 1.82) is 0 Å². The SMILES string of the molecule is CC(C)(C)c1ccc(C2(C)NC(=O)N(CN3CCC(NC(=O)C4CC4)CC3)C2=O)cc1. The number of benzene rings is 1. The van der Waals surface area contributed by atoms with Gasteiger partial charge in [0.05, 0.1) is 6.67 Å². The molecule has 168 valence electrons. The first-order valence-corrected chi connectivity index (χ1v) is 11.4. The smallest absolute Gasteiger partial charge is 0.326 e. The predicted molar refractivity (Wildman–Crippen MR) is 118 cm³/mol. The van der Waals surface area contributed by atoms with Crippen LogP contribution in [0.4, 0.5) is 4.79 Å². The zero-order chi connectivity index (χ0) is 22.4. The molecule has 1 unspecified atom stereocenters. The van der Waals surface area contributed by atoms with E-state index in [0.29, 0.717) is 0 Å². The van der Waals surface area contributed by atoms with Crippen LogP contribution in [0.2, 0.25) is 0 Å². The fourth-order valence-electron chi connectivity index (χ4n) is 4.41. The minimum atomic E-state index is -1.05. The molecule has 0 aromatic heterocycles. The molecule has 2 heterocycles. The Hall–Kier alpha value is -2.41. The average Bonchev–Trinajstić information content (AvgIpc) is 3.54. The molecule has 4 rings (SSSR count). The van der Waals surface area contributed by atoms with Gasteiger partial charge in [0.1, 0.15) is 5.54 Å². The molecule has 1 aromatic rings. The monoisotopic (exact) mass is 426 g/mol. The van der Waals surface area contributed by atoms with Crippen LogP contribution in [0.15, 0.2) is 24.3 Å². The van der Waals surface area contributed by atoms with E-state index in [0.717, 1.165) is 44.3 Å². The van der Waals surface area contributed by atoms with Crippen molar-refractivity contribution in [3.63, 3.8) is 0 Å². The van der Waals surface area contributed by atoms with Crippen molar-refractivity contribution in [3.05, 3.63) is 35.4 Å². The zero-order valence-corrected chi connectivity index (χ0v) is 19.0. The van der Waals surface area contributed by atoms with Crippen molar-refractivity contribution < 1.29 is 14.4 Å². The molecule has 1 aromatic carbocycles. The van der Waals surface area contributed by atoms with Gasteiger partial charge in [-0.05, 0) is 49.1 Å². The van der Waals surface area contributed by atoms with Crippen LogP contribution in [0.3, 0.4) is 0 Å². The van der Waals surface area contributed by atoms with Gasteiger partial charge in [-0.3, -0.25) is 14.5 Å². The highest BCUT2D eigenvalue weighted by Crippen LogP contribution is 2.32. The number of carbonyl (C=O) groups excluding carboxylic acids is 3. The number of amides is 4. The van der Waals surface area contributed by atoms with E-state index in [1.165, 1.54) is 10.5 Å². The van der Waals surface area contributed by atoms with Gasteiger partial charge in [-0.2, -0.15) is 0 Å². The first kappa shape index (κ1) is 21.8. The third kappa shape index (κ3) is 4.47.